The molecule has 2 heterocycles. The van der Waals surface area contributed by atoms with Gasteiger partial charge in [0.1, 0.15) is 11.6 Å². The molecule has 1 spiro atoms. The fourth-order valence-electron chi connectivity index (χ4n) is 4.84. The van der Waals surface area contributed by atoms with Gasteiger partial charge in [0.15, 0.2) is 0 Å². The third-order valence-corrected chi connectivity index (χ3v) is 6.61. The highest BCUT2D eigenvalue weighted by Gasteiger charge is 2.48. The average molecular weight is 360 g/mol. The predicted molar refractivity (Wildman–Crippen MR) is 98.4 cm³/mol. The highest BCUT2D eigenvalue weighted by molar-refractivity contribution is 5.84. The van der Waals surface area contributed by atoms with E-state index in [9.17, 15) is 9.18 Å². The van der Waals surface area contributed by atoms with E-state index < -0.39 is 0 Å². The molecule has 2 saturated heterocycles. The number of hydrogen-bond acceptors (Lipinski definition) is 3. The van der Waals surface area contributed by atoms with Crippen LogP contribution in [0.4, 0.5) is 4.39 Å². The van der Waals surface area contributed by atoms with E-state index in [-0.39, 0.29) is 17.1 Å². The van der Waals surface area contributed by atoms with Crippen molar-refractivity contribution in [3.8, 4) is 5.75 Å². The second-order valence-electron chi connectivity index (χ2n) is 8.35. The maximum Gasteiger partial charge on any atom is 0.230 e. The van der Waals surface area contributed by atoms with Crippen LogP contribution in [-0.4, -0.2) is 49.0 Å². The summed E-state index contributed by atoms with van der Waals surface area (Å²) in [5, 5.41) is 0. The van der Waals surface area contributed by atoms with Crippen molar-refractivity contribution in [1.29, 1.82) is 0 Å². The normalized spacial score (nSPS) is 27.2. The summed E-state index contributed by atoms with van der Waals surface area (Å²) < 4.78 is 19.4. The number of nitrogens with zero attached hydrogens (tertiary/aromatic N) is 2. The van der Waals surface area contributed by atoms with Gasteiger partial charge in [-0.05, 0) is 62.8 Å². The van der Waals surface area contributed by atoms with Gasteiger partial charge < -0.3 is 14.5 Å². The second kappa shape index (κ2) is 7.18. The van der Waals surface area contributed by atoms with E-state index in [1.54, 1.807) is 19.2 Å². The molecule has 0 aromatic heterocycles. The topological polar surface area (TPSA) is 32.8 Å². The van der Waals surface area contributed by atoms with Crippen LogP contribution in [-0.2, 0) is 11.3 Å². The monoisotopic (exact) mass is 360 g/mol. The number of halogens is 1. The Kier molecular flexibility index (Phi) is 4.91. The van der Waals surface area contributed by atoms with Gasteiger partial charge in [0.2, 0.25) is 5.91 Å². The molecular weight excluding hydrogens is 331 g/mol. The van der Waals surface area contributed by atoms with Crippen molar-refractivity contribution in [2.24, 2.45) is 11.3 Å². The van der Waals surface area contributed by atoms with E-state index >= 15 is 0 Å². The van der Waals surface area contributed by atoms with Gasteiger partial charge in [-0.1, -0.05) is 6.42 Å². The summed E-state index contributed by atoms with van der Waals surface area (Å²) in [5.41, 5.74) is 0.302. The molecule has 1 aromatic rings. The third-order valence-electron chi connectivity index (χ3n) is 6.61. The van der Waals surface area contributed by atoms with Crippen LogP contribution in [0.1, 0.15) is 44.1 Å². The van der Waals surface area contributed by atoms with Gasteiger partial charge in [0, 0.05) is 31.7 Å². The van der Waals surface area contributed by atoms with E-state index in [4.69, 9.17) is 4.74 Å². The lowest BCUT2D eigenvalue weighted by atomic mass is 9.78. The van der Waals surface area contributed by atoms with E-state index in [2.05, 4.69) is 4.90 Å². The lowest BCUT2D eigenvalue weighted by molar-refractivity contribution is -0.146. The number of rotatable bonds is 5. The van der Waals surface area contributed by atoms with Crippen molar-refractivity contribution in [2.75, 3.05) is 33.3 Å². The van der Waals surface area contributed by atoms with Gasteiger partial charge in [-0.25, -0.2) is 4.39 Å². The molecule has 0 radical (unpaired) electrons. The molecule has 1 saturated carbocycles. The summed E-state index contributed by atoms with van der Waals surface area (Å²) in [4.78, 5) is 17.6. The quantitative estimate of drug-likeness (QED) is 0.806. The zero-order chi connectivity index (χ0) is 18.1. The molecule has 26 heavy (non-hydrogen) atoms. The van der Waals surface area contributed by atoms with Crippen molar-refractivity contribution in [3.63, 3.8) is 0 Å². The summed E-state index contributed by atoms with van der Waals surface area (Å²) in [7, 11) is 1.58. The number of piperidine rings is 1. The Balaban J connectivity index is 1.44. The maximum atomic E-state index is 14.2. The van der Waals surface area contributed by atoms with Crippen LogP contribution >= 0.6 is 0 Å². The van der Waals surface area contributed by atoms with Crippen LogP contribution in [0.3, 0.4) is 0 Å². The first-order valence-corrected chi connectivity index (χ1v) is 9.94. The van der Waals surface area contributed by atoms with Gasteiger partial charge in [-0.15, -0.1) is 0 Å². The van der Waals surface area contributed by atoms with Crippen LogP contribution in [0.15, 0.2) is 18.2 Å². The smallest absolute Gasteiger partial charge is 0.230 e. The average Bonchev–Trinajstić information content (AvgIpc) is 3.01. The van der Waals surface area contributed by atoms with Crippen molar-refractivity contribution in [1.82, 2.24) is 9.80 Å². The SMILES string of the molecule is COc1ccc(F)c(CN2CCC[C@@]3(CCN(CC4CCC4)C3)C2=O)c1. The number of benzene rings is 1. The Morgan fingerprint density at radius 1 is 1.23 bits per heavy atom. The molecule has 1 aliphatic carbocycles. The summed E-state index contributed by atoms with van der Waals surface area (Å²) >= 11 is 0. The van der Waals surface area contributed by atoms with Crippen molar-refractivity contribution in [2.45, 2.75) is 45.1 Å². The van der Waals surface area contributed by atoms with E-state index in [1.165, 1.54) is 25.3 Å². The minimum Gasteiger partial charge on any atom is -0.497 e. The molecule has 4 rings (SSSR count). The van der Waals surface area contributed by atoms with Crippen molar-refractivity contribution >= 4 is 5.91 Å². The van der Waals surface area contributed by atoms with Crippen LogP contribution < -0.4 is 4.74 Å². The molecule has 1 amide bonds. The molecule has 0 unspecified atom stereocenters. The first kappa shape index (κ1) is 17.8. The van der Waals surface area contributed by atoms with Crippen molar-refractivity contribution in [3.05, 3.63) is 29.6 Å². The largest absolute Gasteiger partial charge is 0.497 e. The molecule has 2 aliphatic heterocycles. The summed E-state index contributed by atoms with van der Waals surface area (Å²) in [6.07, 6.45) is 6.99. The molecule has 1 aromatic carbocycles. The fourth-order valence-corrected chi connectivity index (χ4v) is 4.84. The molecular formula is C21H29FN2O2. The third kappa shape index (κ3) is 3.34. The molecule has 0 bridgehead atoms. The Labute approximate surface area is 155 Å². The molecule has 3 fully saturated rings. The zero-order valence-electron chi connectivity index (χ0n) is 15.7. The van der Waals surface area contributed by atoms with Crippen LogP contribution in [0.2, 0.25) is 0 Å². The summed E-state index contributed by atoms with van der Waals surface area (Å²) in [6, 6.07) is 4.75. The maximum absolute atomic E-state index is 14.2. The number of methoxy groups -OCH3 is 1. The van der Waals surface area contributed by atoms with Gasteiger partial charge in [-0.2, -0.15) is 0 Å². The van der Waals surface area contributed by atoms with Gasteiger partial charge in [0.05, 0.1) is 12.5 Å². The fraction of sp³-hybridized carbons (Fsp3) is 0.667. The van der Waals surface area contributed by atoms with Gasteiger partial charge in [0.25, 0.3) is 0 Å². The molecule has 5 heteroatoms. The van der Waals surface area contributed by atoms with Gasteiger partial charge >= 0.3 is 0 Å². The first-order chi connectivity index (χ1) is 12.6. The molecule has 0 N–H and O–H groups in total. The summed E-state index contributed by atoms with van der Waals surface area (Å²) in [5.74, 6) is 1.43. The standard InChI is InChI=1S/C21H29FN2O2/c1-26-18-6-7-19(22)17(12-18)14-24-10-3-8-21(20(24)25)9-11-23(15-21)13-16-4-2-5-16/h6-7,12,16H,2-5,8-11,13-15H2,1H3/t21-/m0/s1. The van der Waals surface area contributed by atoms with Crippen LogP contribution in [0, 0.1) is 17.2 Å². The Hall–Kier alpha value is -1.62. The molecule has 3 aliphatic rings. The van der Waals surface area contributed by atoms with E-state index in [0.717, 1.165) is 51.4 Å². The number of carbonyl (C=O) groups excluding carboxylic acids is 1. The minimum absolute atomic E-state index is 0.224. The zero-order valence-corrected chi connectivity index (χ0v) is 15.7. The minimum atomic E-state index is -0.267. The summed E-state index contributed by atoms with van der Waals surface area (Å²) in [6.45, 7) is 4.13. The lowest BCUT2D eigenvalue weighted by Crippen LogP contribution is -2.50. The number of likely N-dealkylation sites (tertiary alicyclic amines) is 2. The van der Waals surface area contributed by atoms with Crippen LogP contribution in [0.25, 0.3) is 0 Å². The number of amides is 1. The van der Waals surface area contributed by atoms with Gasteiger partial charge in [-0.3, -0.25) is 4.79 Å². The Morgan fingerprint density at radius 2 is 2.08 bits per heavy atom. The number of carbonyl (C=O) groups is 1. The highest BCUT2D eigenvalue weighted by Crippen LogP contribution is 2.41. The Bertz CT molecular complexity index is 676. The molecule has 1 atom stereocenters. The highest BCUT2D eigenvalue weighted by atomic mass is 19.1. The van der Waals surface area contributed by atoms with E-state index in [0.29, 0.717) is 17.9 Å². The first-order valence-electron chi connectivity index (χ1n) is 9.94. The second-order valence-corrected chi connectivity index (χ2v) is 8.35. The molecule has 142 valence electrons. The predicted octanol–water partition coefficient (Wildman–Crippen LogP) is 3.45. The lowest BCUT2D eigenvalue weighted by Gasteiger charge is -2.40. The molecule has 4 nitrogen and oxygen atoms in total. The number of hydrogen-bond donors (Lipinski definition) is 0. The van der Waals surface area contributed by atoms with Crippen LogP contribution in [0.5, 0.6) is 5.75 Å². The Morgan fingerprint density at radius 3 is 2.81 bits per heavy atom. The number of ether oxygens (including phenoxy) is 1. The van der Waals surface area contributed by atoms with E-state index in [1.807, 2.05) is 4.90 Å². The van der Waals surface area contributed by atoms with Crippen molar-refractivity contribution < 1.29 is 13.9 Å².